The van der Waals surface area contributed by atoms with Crippen LogP contribution in [0, 0.1) is 11.7 Å². The van der Waals surface area contributed by atoms with Gasteiger partial charge in [0.05, 0.1) is 22.3 Å². The molecule has 1 aliphatic rings. The van der Waals surface area contributed by atoms with E-state index < -0.39 is 31.8 Å². The molecule has 3 rings (SSSR count). The number of carbonyl (C=O) groups excluding carboxylic acids is 1. The molecule has 186 valence electrons. The minimum atomic E-state index is -3.81. The van der Waals surface area contributed by atoms with Crippen molar-refractivity contribution in [3.8, 4) is 5.75 Å². The Hall–Kier alpha value is -2.54. The highest BCUT2D eigenvalue weighted by Gasteiger charge is 2.33. The maximum Gasteiger partial charge on any atom is 0.243 e. The third kappa shape index (κ3) is 6.12. The van der Waals surface area contributed by atoms with Crippen molar-refractivity contribution >= 4 is 26.0 Å². The summed E-state index contributed by atoms with van der Waals surface area (Å²) >= 11 is 0. The van der Waals surface area contributed by atoms with Gasteiger partial charge in [0.25, 0.3) is 0 Å². The number of rotatable bonds is 9. The molecule has 2 aromatic carbocycles. The molecule has 1 aliphatic heterocycles. The zero-order valence-electron chi connectivity index (χ0n) is 19.0. The van der Waals surface area contributed by atoms with Gasteiger partial charge in [-0.3, -0.25) is 4.79 Å². The number of hydrogen-bond acceptors (Lipinski definition) is 6. The second-order valence-corrected chi connectivity index (χ2v) is 12.1. The first-order valence-corrected chi connectivity index (χ1v) is 13.6. The summed E-state index contributed by atoms with van der Waals surface area (Å²) in [6.07, 6.45) is 1.10. The van der Waals surface area contributed by atoms with E-state index in [2.05, 4.69) is 5.32 Å². The molecule has 0 spiro atoms. The molecule has 34 heavy (non-hydrogen) atoms. The quantitative estimate of drug-likeness (QED) is 0.511. The van der Waals surface area contributed by atoms with Gasteiger partial charge < -0.3 is 10.1 Å². The molecule has 1 heterocycles. The monoisotopic (exact) mass is 513 g/mol. The molecular weight excluding hydrogens is 485 g/mol. The molecule has 0 radical (unpaired) electrons. The van der Waals surface area contributed by atoms with E-state index in [-0.39, 0.29) is 35.4 Å². The van der Waals surface area contributed by atoms with Crippen LogP contribution >= 0.6 is 0 Å². The van der Waals surface area contributed by atoms with E-state index in [0.29, 0.717) is 25.1 Å². The maximum absolute atomic E-state index is 13.1. The van der Waals surface area contributed by atoms with E-state index in [4.69, 9.17) is 4.74 Å². The Labute approximate surface area is 199 Å². The van der Waals surface area contributed by atoms with E-state index >= 15 is 0 Å². The molecule has 0 unspecified atom stereocenters. The number of benzene rings is 2. The average molecular weight is 514 g/mol. The summed E-state index contributed by atoms with van der Waals surface area (Å²) in [4.78, 5) is 12.7. The fraction of sp³-hybridized carbons (Fsp3) is 0.409. The molecule has 1 saturated heterocycles. The number of ether oxygens (including phenoxy) is 1. The average Bonchev–Trinajstić information content (AvgIpc) is 2.82. The molecule has 1 N–H and O–H groups in total. The summed E-state index contributed by atoms with van der Waals surface area (Å²) in [5.41, 5.74) is 0. The Morgan fingerprint density at radius 1 is 1.06 bits per heavy atom. The highest BCUT2D eigenvalue weighted by Crippen LogP contribution is 2.24. The third-order valence-electron chi connectivity index (χ3n) is 5.48. The van der Waals surface area contributed by atoms with Crippen LogP contribution in [0.1, 0.15) is 12.8 Å². The van der Waals surface area contributed by atoms with Crippen LogP contribution < -0.4 is 10.1 Å². The Balaban J connectivity index is 1.49. The Kier molecular flexibility index (Phi) is 8.29. The van der Waals surface area contributed by atoms with Crippen LogP contribution in [0.5, 0.6) is 5.75 Å². The lowest BCUT2D eigenvalue weighted by molar-refractivity contribution is -0.126. The number of carbonyl (C=O) groups is 1. The highest BCUT2D eigenvalue weighted by molar-refractivity contribution is 7.89. The first kappa shape index (κ1) is 26.1. The molecular formula is C22H28FN3O6S2. The van der Waals surface area contributed by atoms with Gasteiger partial charge in [-0.1, -0.05) is 0 Å². The Morgan fingerprint density at radius 3 is 2.29 bits per heavy atom. The number of nitrogens with zero attached hydrogens (tertiary/aromatic N) is 2. The fourth-order valence-electron chi connectivity index (χ4n) is 3.54. The minimum absolute atomic E-state index is 0.00671. The molecule has 12 heteroatoms. The van der Waals surface area contributed by atoms with Crippen LogP contribution in [-0.4, -0.2) is 71.7 Å². The van der Waals surface area contributed by atoms with Crippen LogP contribution in [0.4, 0.5) is 4.39 Å². The van der Waals surface area contributed by atoms with Crippen molar-refractivity contribution < 1.29 is 30.8 Å². The topological polar surface area (TPSA) is 113 Å². The van der Waals surface area contributed by atoms with Crippen molar-refractivity contribution in [2.75, 3.05) is 40.3 Å². The summed E-state index contributed by atoms with van der Waals surface area (Å²) in [5, 5.41) is 2.75. The van der Waals surface area contributed by atoms with E-state index in [1.165, 1.54) is 54.8 Å². The van der Waals surface area contributed by atoms with E-state index in [1.54, 1.807) is 0 Å². The lowest BCUT2D eigenvalue weighted by Crippen LogP contribution is -2.45. The number of halogens is 1. The van der Waals surface area contributed by atoms with E-state index in [1.807, 2.05) is 0 Å². The zero-order chi connectivity index (χ0) is 24.9. The summed E-state index contributed by atoms with van der Waals surface area (Å²) in [6, 6.07) is 10.6. The van der Waals surface area contributed by atoms with Crippen molar-refractivity contribution in [3.63, 3.8) is 0 Å². The summed E-state index contributed by atoms with van der Waals surface area (Å²) < 4.78 is 70.9. The highest BCUT2D eigenvalue weighted by atomic mass is 32.2. The van der Waals surface area contributed by atoms with Crippen LogP contribution in [0.15, 0.2) is 58.3 Å². The van der Waals surface area contributed by atoms with E-state index in [0.717, 1.165) is 16.4 Å². The SMILES string of the molecule is CN(C)S(=O)(=O)c1ccc(OCCNC(=O)[C@H]2CCCN(S(=O)(=O)c3ccc(F)cc3)C2)cc1. The summed E-state index contributed by atoms with van der Waals surface area (Å²) in [6.45, 7) is 0.716. The van der Waals surface area contributed by atoms with Crippen LogP contribution in [0.3, 0.4) is 0 Å². The first-order chi connectivity index (χ1) is 16.0. The summed E-state index contributed by atoms with van der Waals surface area (Å²) in [5.74, 6) is -0.831. The fourth-order valence-corrected chi connectivity index (χ4v) is 5.96. The third-order valence-corrected chi connectivity index (χ3v) is 9.19. The van der Waals surface area contributed by atoms with Gasteiger partial charge in [0.2, 0.25) is 26.0 Å². The smallest absolute Gasteiger partial charge is 0.243 e. The van der Waals surface area contributed by atoms with E-state index in [9.17, 15) is 26.0 Å². The van der Waals surface area contributed by atoms with Gasteiger partial charge in [-0.25, -0.2) is 25.5 Å². The zero-order valence-corrected chi connectivity index (χ0v) is 20.6. The maximum atomic E-state index is 13.1. The first-order valence-electron chi connectivity index (χ1n) is 10.7. The van der Waals surface area contributed by atoms with Crippen molar-refractivity contribution in [2.45, 2.75) is 22.6 Å². The van der Waals surface area contributed by atoms with Crippen molar-refractivity contribution in [2.24, 2.45) is 5.92 Å². The molecule has 9 nitrogen and oxygen atoms in total. The Bertz CT molecular complexity index is 1200. The number of hydrogen-bond donors (Lipinski definition) is 1. The van der Waals surface area contributed by atoms with Gasteiger partial charge in [-0.15, -0.1) is 0 Å². The molecule has 0 aromatic heterocycles. The molecule has 2 aromatic rings. The number of nitrogens with one attached hydrogen (secondary N) is 1. The standard InChI is InChI=1S/C22H28FN3O6S2/c1-25(2)33(28,29)20-11-7-19(8-12-20)32-15-13-24-22(27)17-4-3-14-26(16-17)34(30,31)21-9-5-18(23)6-10-21/h5-12,17H,3-4,13-16H2,1-2H3,(H,24,27)/t17-/m0/s1. The lowest BCUT2D eigenvalue weighted by atomic mass is 9.99. The van der Waals surface area contributed by atoms with Crippen LogP contribution in [0.2, 0.25) is 0 Å². The minimum Gasteiger partial charge on any atom is -0.492 e. The van der Waals surface area contributed by atoms with Gasteiger partial charge in [-0.2, -0.15) is 4.31 Å². The lowest BCUT2D eigenvalue weighted by Gasteiger charge is -2.31. The normalized spacial score (nSPS) is 17.5. The second kappa shape index (κ2) is 10.8. The molecule has 0 saturated carbocycles. The molecule has 0 aliphatic carbocycles. The van der Waals surface area contributed by atoms with Crippen molar-refractivity contribution in [1.82, 2.24) is 13.9 Å². The second-order valence-electron chi connectivity index (χ2n) is 8.05. The van der Waals surface area contributed by atoms with Crippen molar-refractivity contribution in [3.05, 3.63) is 54.3 Å². The number of sulfonamides is 2. The van der Waals surface area contributed by atoms with Gasteiger partial charge in [0.15, 0.2) is 0 Å². The molecule has 0 bridgehead atoms. The van der Waals surface area contributed by atoms with Gasteiger partial charge in [-0.05, 0) is 61.4 Å². The molecule has 1 amide bonds. The largest absolute Gasteiger partial charge is 0.492 e. The van der Waals surface area contributed by atoms with Gasteiger partial charge >= 0.3 is 0 Å². The molecule has 1 fully saturated rings. The predicted molar refractivity (Wildman–Crippen MR) is 124 cm³/mol. The van der Waals surface area contributed by atoms with Crippen molar-refractivity contribution in [1.29, 1.82) is 0 Å². The van der Waals surface area contributed by atoms with Gasteiger partial charge in [0, 0.05) is 27.2 Å². The predicted octanol–water partition coefficient (Wildman–Crippen LogP) is 1.67. The number of piperidine rings is 1. The van der Waals surface area contributed by atoms with Crippen LogP contribution in [0.25, 0.3) is 0 Å². The summed E-state index contributed by atoms with van der Waals surface area (Å²) in [7, 11) is -4.43. The Morgan fingerprint density at radius 2 is 1.68 bits per heavy atom. The van der Waals surface area contributed by atoms with Crippen LogP contribution in [-0.2, 0) is 24.8 Å². The van der Waals surface area contributed by atoms with Gasteiger partial charge in [0.1, 0.15) is 18.2 Å². The number of amides is 1. The molecule has 1 atom stereocenters.